The smallest absolute Gasteiger partial charge is 0.0828 e. The lowest BCUT2D eigenvalue weighted by Gasteiger charge is -2.46. The molecule has 2 rings (SSSR count). The van der Waals surface area contributed by atoms with Crippen molar-refractivity contribution in [2.75, 3.05) is 11.5 Å². The predicted molar refractivity (Wildman–Crippen MR) is 68.6 cm³/mol. The quantitative estimate of drug-likeness (QED) is 0.858. The third-order valence-electron chi connectivity index (χ3n) is 3.72. The van der Waals surface area contributed by atoms with Gasteiger partial charge in [-0.3, -0.25) is 4.98 Å². The zero-order chi connectivity index (χ0) is 11.6. The Morgan fingerprint density at radius 1 is 1.38 bits per heavy atom. The molecule has 0 radical (unpaired) electrons. The summed E-state index contributed by atoms with van der Waals surface area (Å²) in [6.45, 7) is 4.35. The molecule has 16 heavy (non-hydrogen) atoms. The maximum atomic E-state index is 10.8. The van der Waals surface area contributed by atoms with E-state index in [4.69, 9.17) is 0 Å². The van der Waals surface area contributed by atoms with Crippen molar-refractivity contribution in [3.05, 3.63) is 30.1 Å². The third-order valence-corrected chi connectivity index (χ3v) is 4.89. The summed E-state index contributed by atoms with van der Waals surface area (Å²) in [5.41, 5.74) is 0.590. The molecule has 2 heterocycles. The average molecular weight is 237 g/mol. The van der Waals surface area contributed by atoms with Crippen LogP contribution < -0.4 is 0 Å². The van der Waals surface area contributed by atoms with Crippen LogP contribution in [0.2, 0.25) is 0 Å². The molecule has 1 N–H and O–H groups in total. The Labute approximate surface area is 101 Å². The minimum atomic E-state index is -0.586. The van der Waals surface area contributed by atoms with E-state index < -0.39 is 5.60 Å². The van der Waals surface area contributed by atoms with Gasteiger partial charge in [0.1, 0.15) is 0 Å². The molecule has 3 heteroatoms. The Hall–Kier alpha value is -0.540. The van der Waals surface area contributed by atoms with Gasteiger partial charge >= 0.3 is 0 Å². The highest BCUT2D eigenvalue weighted by atomic mass is 32.2. The molecule has 1 unspecified atom stereocenters. The molecule has 2 nitrogen and oxygen atoms in total. The number of pyridine rings is 1. The van der Waals surface area contributed by atoms with E-state index in [1.165, 1.54) is 5.56 Å². The minimum Gasteiger partial charge on any atom is -0.388 e. The summed E-state index contributed by atoms with van der Waals surface area (Å²) in [6, 6.07) is 3.99. The molecule has 0 amide bonds. The normalized spacial score (nSPS) is 28.9. The molecule has 1 aliphatic rings. The van der Waals surface area contributed by atoms with Gasteiger partial charge in [-0.05, 0) is 35.3 Å². The summed E-state index contributed by atoms with van der Waals surface area (Å²) in [5.74, 6) is 1.99. The molecule has 1 aromatic rings. The maximum absolute atomic E-state index is 10.8. The SMILES string of the molecule is CC1(C)CCSCC1(O)Cc1ccncc1. The van der Waals surface area contributed by atoms with Crippen LogP contribution in [0.15, 0.2) is 24.5 Å². The Kier molecular flexibility index (Phi) is 3.27. The average Bonchev–Trinajstić information content (AvgIpc) is 2.24. The minimum absolute atomic E-state index is 0.00151. The van der Waals surface area contributed by atoms with Gasteiger partial charge in [0.25, 0.3) is 0 Å². The Bertz CT molecular complexity index is 352. The van der Waals surface area contributed by atoms with Gasteiger partial charge in [0.2, 0.25) is 0 Å². The van der Waals surface area contributed by atoms with Gasteiger partial charge < -0.3 is 5.11 Å². The van der Waals surface area contributed by atoms with Crippen LogP contribution in [0.1, 0.15) is 25.8 Å². The number of hydrogen-bond donors (Lipinski definition) is 1. The van der Waals surface area contributed by atoms with Crippen molar-refractivity contribution >= 4 is 11.8 Å². The highest BCUT2D eigenvalue weighted by molar-refractivity contribution is 7.99. The van der Waals surface area contributed by atoms with Crippen molar-refractivity contribution < 1.29 is 5.11 Å². The second-order valence-electron chi connectivity index (χ2n) is 5.25. The molecular formula is C13H19NOS. The lowest BCUT2D eigenvalue weighted by molar-refractivity contribution is -0.0513. The fraction of sp³-hybridized carbons (Fsp3) is 0.615. The number of aromatic nitrogens is 1. The summed E-state index contributed by atoms with van der Waals surface area (Å²) < 4.78 is 0. The summed E-state index contributed by atoms with van der Waals surface area (Å²) in [5, 5.41) is 10.8. The summed E-state index contributed by atoms with van der Waals surface area (Å²) in [6.07, 6.45) is 5.40. The van der Waals surface area contributed by atoms with E-state index in [9.17, 15) is 5.11 Å². The number of thioether (sulfide) groups is 1. The van der Waals surface area contributed by atoms with E-state index in [0.717, 1.165) is 24.3 Å². The second-order valence-corrected chi connectivity index (χ2v) is 6.36. The summed E-state index contributed by atoms with van der Waals surface area (Å²) >= 11 is 1.86. The van der Waals surface area contributed by atoms with E-state index in [0.29, 0.717) is 0 Å². The second kappa shape index (κ2) is 4.38. The van der Waals surface area contributed by atoms with Crippen LogP contribution in [0.4, 0.5) is 0 Å². The monoisotopic (exact) mass is 237 g/mol. The first-order valence-electron chi connectivity index (χ1n) is 5.73. The van der Waals surface area contributed by atoms with E-state index in [2.05, 4.69) is 18.8 Å². The van der Waals surface area contributed by atoms with E-state index >= 15 is 0 Å². The van der Waals surface area contributed by atoms with Gasteiger partial charge in [0.15, 0.2) is 0 Å². The Morgan fingerprint density at radius 2 is 2.06 bits per heavy atom. The molecular weight excluding hydrogens is 218 g/mol. The van der Waals surface area contributed by atoms with Crippen LogP contribution in [-0.4, -0.2) is 27.2 Å². The zero-order valence-electron chi connectivity index (χ0n) is 9.94. The van der Waals surface area contributed by atoms with Crippen molar-refractivity contribution in [3.8, 4) is 0 Å². The number of nitrogens with zero attached hydrogens (tertiary/aromatic N) is 1. The predicted octanol–water partition coefficient (Wildman–Crippen LogP) is 2.52. The number of rotatable bonds is 2. The van der Waals surface area contributed by atoms with Crippen LogP contribution in [0.5, 0.6) is 0 Å². The molecule has 0 aromatic carbocycles. The van der Waals surface area contributed by atoms with Crippen molar-refractivity contribution in [2.45, 2.75) is 32.3 Å². The summed E-state index contributed by atoms with van der Waals surface area (Å²) in [7, 11) is 0. The molecule has 1 aromatic heterocycles. The van der Waals surface area contributed by atoms with Gasteiger partial charge in [0, 0.05) is 24.6 Å². The molecule has 1 fully saturated rings. The number of hydrogen-bond acceptors (Lipinski definition) is 3. The number of aliphatic hydroxyl groups is 1. The molecule has 0 spiro atoms. The van der Waals surface area contributed by atoms with Crippen molar-refractivity contribution in [2.24, 2.45) is 5.41 Å². The molecule has 88 valence electrons. The third kappa shape index (κ3) is 2.25. The molecule has 1 atom stereocenters. The molecule has 1 aliphatic heterocycles. The van der Waals surface area contributed by atoms with Crippen molar-refractivity contribution in [1.29, 1.82) is 0 Å². The first-order chi connectivity index (χ1) is 7.54. The molecule has 0 saturated carbocycles. The fourth-order valence-corrected chi connectivity index (χ4v) is 3.75. The standard InChI is InChI=1S/C13H19NOS/c1-12(2)5-8-16-10-13(12,15)9-11-3-6-14-7-4-11/h3-4,6-7,15H,5,8-10H2,1-2H3. The van der Waals surface area contributed by atoms with Crippen molar-refractivity contribution in [3.63, 3.8) is 0 Å². The Balaban J connectivity index is 2.18. The topological polar surface area (TPSA) is 33.1 Å². The largest absolute Gasteiger partial charge is 0.388 e. The van der Waals surface area contributed by atoms with Crippen LogP contribution in [-0.2, 0) is 6.42 Å². The van der Waals surface area contributed by atoms with E-state index in [-0.39, 0.29) is 5.41 Å². The van der Waals surface area contributed by atoms with Gasteiger partial charge in [-0.1, -0.05) is 13.8 Å². The van der Waals surface area contributed by atoms with Crippen LogP contribution >= 0.6 is 11.8 Å². The first kappa shape index (κ1) is 11.9. The van der Waals surface area contributed by atoms with Gasteiger partial charge in [-0.25, -0.2) is 0 Å². The van der Waals surface area contributed by atoms with Gasteiger partial charge in [-0.15, -0.1) is 0 Å². The van der Waals surface area contributed by atoms with E-state index in [1.54, 1.807) is 12.4 Å². The van der Waals surface area contributed by atoms with Crippen molar-refractivity contribution in [1.82, 2.24) is 4.98 Å². The lowest BCUT2D eigenvalue weighted by Crippen LogP contribution is -2.51. The van der Waals surface area contributed by atoms with E-state index in [1.807, 2.05) is 23.9 Å². The maximum Gasteiger partial charge on any atom is 0.0828 e. The Morgan fingerprint density at radius 3 is 2.69 bits per heavy atom. The molecule has 0 bridgehead atoms. The van der Waals surface area contributed by atoms with Crippen LogP contribution in [0.3, 0.4) is 0 Å². The van der Waals surface area contributed by atoms with Gasteiger partial charge in [-0.2, -0.15) is 11.8 Å². The molecule has 1 saturated heterocycles. The first-order valence-corrected chi connectivity index (χ1v) is 6.88. The lowest BCUT2D eigenvalue weighted by atomic mass is 9.71. The highest BCUT2D eigenvalue weighted by Crippen LogP contribution is 2.43. The fourth-order valence-electron chi connectivity index (χ4n) is 2.13. The summed E-state index contributed by atoms with van der Waals surface area (Å²) in [4.78, 5) is 4.01. The van der Waals surface area contributed by atoms with Crippen LogP contribution in [0, 0.1) is 5.41 Å². The zero-order valence-corrected chi connectivity index (χ0v) is 10.8. The highest BCUT2D eigenvalue weighted by Gasteiger charge is 2.45. The molecule has 0 aliphatic carbocycles. The van der Waals surface area contributed by atoms with Gasteiger partial charge in [0.05, 0.1) is 5.60 Å². The van der Waals surface area contributed by atoms with Crippen LogP contribution in [0.25, 0.3) is 0 Å².